The number of hydrogen-bond acceptors (Lipinski definition) is 7. The minimum Gasteiger partial charge on any atom is -0.311 e. The van der Waals surface area contributed by atoms with Crippen LogP contribution in [-0.4, -0.2) is 40.6 Å². The minimum absolute atomic E-state index is 0.0199. The minimum atomic E-state index is -0.436. The zero-order chi connectivity index (χ0) is 26.9. The molecule has 190 valence electrons. The van der Waals surface area contributed by atoms with Crippen LogP contribution in [0.3, 0.4) is 0 Å². The van der Waals surface area contributed by atoms with E-state index in [1.165, 1.54) is 17.8 Å². The van der Waals surface area contributed by atoms with Gasteiger partial charge in [0, 0.05) is 16.7 Å². The summed E-state index contributed by atoms with van der Waals surface area (Å²) in [5, 5.41) is 0. The van der Waals surface area contributed by atoms with E-state index in [4.69, 9.17) is 0 Å². The number of imidazole rings is 2. The van der Waals surface area contributed by atoms with Crippen molar-refractivity contribution in [2.75, 3.05) is 0 Å². The standard InChI is InChI=1S/C30H22N6O3/c1-19(37)22-11-7-21(8-12-22)16-36-29-26(34-30(36)39)25-28(31-17-32-29)35(18-33-25)15-20-9-13-24(14-10-20)27(38)23-5-3-2-4-6-23/h2-14,17-18H,15-16H2,1H3. The van der Waals surface area contributed by atoms with E-state index in [0.29, 0.717) is 45.9 Å². The number of aromatic nitrogens is 6. The Balaban J connectivity index is 1.27. The highest BCUT2D eigenvalue weighted by molar-refractivity contribution is 6.08. The first-order valence-electron chi connectivity index (χ1n) is 12.3. The molecule has 0 N–H and O–H groups in total. The highest BCUT2D eigenvalue weighted by Gasteiger charge is 2.21. The number of rotatable bonds is 7. The number of nitrogens with zero attached hydrogens (tertiary/aromatic N) is 6. The largest absolute Gasteiger partial charge is 0.350 e. The Morgan fingerprint density at radius 2 is 1.38 bits per heavy atom. The summed E-state index contributed by atoms with van der Waals surface area (Å²) in [5.41, 5.74) is 4.61. The summed E-state index contributed by atoms with van der Waals surface area (Å²) in [7, 11) is 0. The van der Waals surface area contributed by atoms with Gasteiger partial charge in [-0.05, 0) is 18.1 Å². The van der Waals surface area contributed by atoms with E-state index in [2.05, 4.69) is 19.9 Å². The lowest BCUT2D eigenvalue weighted by Gasteiger charge is -2.05. The topological polar surface area (TPSA) is 113 Å². The second-order valence-corrected chi connectivity index (χ2v) is 9.22. The van der Waals surface area contributed by atoms with Gasteiger partial charge in [-0.3, -0.25) is 14.2 Å². The SMILES string of the molecule is CC(=O)c1ccc(Cn2c3ncnc4c(ncn4Cc4ccc(C(=O)c5ccccc5)cc4)c-3nc2=O)cc1. The molecule has 0 saturated carbocycles. The normalized spacial score (nSPS) is 11.2. The van der Waals surface area contributed by atoms with E-state index in [9.17, 15) is 14.4 Å². The third-order valence-corrected chi connectivity index (χ3v) is 6.61. The van der Waals surface area contributed by atoms with Gasteiger partial charge in [0.1, 0.15) is 17.5 Å². The fourth-order valence-electron chi connectivity index (χ4n) is 4.53. The molecule has 6 rings (SSSR count). The molecule has 0 fully saturated rings. The number of carbonyl (C=O) groups excluding carboxylic acids is 2. The van der Waals surface area contributed by atoms with Gasteiger partial charge < -0.3 is 4.57 Å². The Bertz CT molecular complexity index is 1860. The van der Waals surface area contributed by atoms with Gasteiger partial charge in [-0.25, -0.2) is 19.7 Å². The van der Waals surface area contributed by atoms with Gasteiger partial charge in [-0.2, -0.15) is 4.98 Å². The van der Waals surface area contributed by atoms with Crippen LogP contribution < -0.4 is 5.69 Å². The summed E-state index contributed by atoms with van der Waals surface area (Å²) in [4.78, 5) is 54.8. The quantitative estimate of drug-likeness (QED) is 0.296. The van der Waals surface area contributed by atoms with E-state index >= 15 is 0 Å². The van der Waals surface area contributed by atoms with Gasteiger partial charge in [0.05, 0.1) is 19.4 Å². The summed E-state index contributed by atoms with van der Waals surface area (Å²) in [6.07, 6.45) is 3.06. The summed E-state index contributed by atoms with van der Waals surface area (Å²) in [6.45, 7) is 2.22. The van der Waals surface area contributed by atoms with Crippen LogP contribution in [0.2, 0.25) is 0 Å². The van der Waals surface area contributed by atoms with E-state index < -0.39 is 5.69 Å². The highest BCUT2D eigenvalue weighted by Crippen LogP contribution is 2.24. The van der Waals surface area contributed by atoms with Gasteiger partial charge in [-0.1, -0.05) is 78.9 Å². The molecule has 1 aromatic heterocycles. The smallest absolute Gasteiger partial charge is 0.311 e. The van der Waals surface area contributed by atoms with E-state index in [1.54, 1.807) is 30.6 Å². The lowest BCUT2D eigenvalue weighted by molar-refractivity contribution is 0.101. The third-order valence-electron chi connectivity index (χ3n) is 6.61. The molecule has 2 aliphatic heterocycles. The fraction of sp³-hybridized carbons (Fsp3) is 0.100. The van der Waals surface area contributed by atoms with Gasteiger partial charge >= 0.3 is 5.69 Å². The van der Waals surface area contributed by atoms with Crippen molar-refractivity contribution in [1.82, 2.24) is 29.1 Å². The molecule has 3 heterocycles. The predicted molar refractivity (Wildman–Crippen MR) is 145 cm³/mol. The van der Waals surface area contributed by atoms with Gasteiger partial charge in [0.2, 0.25) is 0 Å². The Hall–Kier alpha value is -5.31. The zero-order valence-corrected chi connectivity index (χ0v) is 21.0. The van der Waals surface area contributed by atoms with Crippen molar-refractivity contribution in [3.8, 4) is 11.5 Å². The van der Waals surface area contributed by atoms with Crippen molar-refractivity contribution in [1.29, 1.82) is 0 Å². The summed E-state index contributed by atoms with van der Waals surface area (Å²) in [6, 6.07) is 23.7. The van der Waals surface area contributed by atoms with Crippen LogP contribution in [0.5, 0.6) is 0 Å². The van der Waals surface area contributed by atoms with Gasteiger partial charge in [0.15, 0.2) is 23.0 Å². The van der Waals surface area contributed by atoms with Gasteiger partial charge in [0.25, 0.3) is 0 Å². The average molecular weight is 515 g/mol. The molecule has 9 heteroatoms. The zero-order valence-electron chi connectivity index (χ0n) is 21.0. The van der Waals surface area contributed by atoms with Crippen molar-refractivity contribution in [3.05, 3.63) is 130 Å². The molecule has 9 nitrogen and oxygen atoms in total. The average Bonchev–Trinajstić information content (AvgIpc) is 3.43. The summed E-state index contributed by atoms with van der Waals surface area (Å²) < 4.78 is 3.33. The molecular weight excluding hydrogens is 492 g/mol. The molecular formula is C30H22N6O3. The number of Topliss-reactive ketones (excluding diaryl/α,β-unsaturated/α-hetero) is 1. The molecule has 0 saturated heterocycles. The van der Waals surface area contributed by atoms with Crippen LogP contribution in [-0.2, 0) is 13.1 Å². The molecule has 39 heavy (non-hydrogen) atoms. The second-order valence-electron chi connectivity index (χ2n) is 9.22. The summed E-state index contributed by atoms with van der Waals surface area (Å²) >= 11 is 0. The van der Waals surface area contributed by atoms with Crippen LogP contribution in [0.1, 0.15) is 44.3 Å². The van der Waals surface area contributed by atoms with Crippen LogP contribution >= 0.6 is 0 Å². The number of carbonyl (C=O) groups is 2. The number of benzene rings is 3. The number of fused-ring (bicyclic) bond motifs is 3. The molecule has 0 unspecified atom stereocenters. The summed E-state index contributed by atoms with van der Waals surface area (Å²) in [5.74, 6) is 0.330. The van der Waals surface area contributed by atoms with Crippen LogP contribution in [0.25, 0.3) is 22.7 Å². The molecule has 0 bridgehead atoms. The number of ketones is 2. The molecule has 0 radical (unpaired) electrons. The predicted octanol–water partition coefficient (Wildman–Crippen LogP) is 4.02. The third kappa shape index (κ3) is 4.61. The van der Waals surface area contributed by atoms with Gasteiger partial charge in [-0.15, -0.1) is 0 Å². The van der Waals surface area contributed by atoms with Crippen molar-refractivity contribution in [3.63, 3.8) is 0 Å². The van der Waals surface area contributed by atoms with Crippen molar-refractivity contribution >= 4 is 22.7 Å². The van der Waals surface area contributed by atoms with Crippen LogP contribution in [0, 0.1) is 0 Å². The number of hydrogen-bond donors (Lipinski definition) is 0. The van der Waals surface area contributed by atoms with Crippen LogP contribution in [0.4, 0.5) is 0 Å². The molecule has 0 aliphatic carbocycles. The maximum Gasteiger partial charge on any atom is 0.350 e. The Labute approximate surface area is 222 Å². The first-order chi connectivity index (χ1) is 19.0. The van der Waals surface area contributed by atoms with Crippen molar-refractivity contribution < 1.29 is 9.59 Å². The maximum atomic E-state index is 12.8. The maximum absolute atomic E-state index is 12.8. The van der Waals surface area contributed by atoms with E-state index in [0.717, 1.165) is 11.1 Å². The Kier molecular flexibility index (Phi) is 6.08. The van der Waals surface area contributed by atoms with Crippen molar-refractivity contribution in [2.24, 2.45) is 0 Å². The molecule has 4 aromatic rings. The molecule has 0 atom stereocenters. The fourth-order valence-corrected chi connectivity index (χ4v) is 4.53. The first-order valence-corrected chi connectivity index (χ1v) is 12.3. The Morgan fingerprint density at radius 3 is 2.08 bits per heavy atom. The van der Waals surface area contributed by atoms with E-state index in [1.807, 2.05) is 59.2 Å². The molecule has 0 amide bonds. The monoisotopic (exact) mass is 514 g/mol. The second kappa shape index (κ2) is 9.86. The molecule has 2 aliphatic rings. The highest BCUT2D eigenvalue weighted by atomic mass is 16.1. The Morgan fingerprint density at radius 1 is 0.744 bits per heavy atom. The molecule has 3 aromatic carbocycles. The molecule has 0 spiro atoms. The van der Waals surface area contributed by atoms with E-state index in [-0.39, 0.29) is 18.1 Å². The lowest BCUT2D eigenvalue weighted by Crippen LogP contribution is -2.17. The first kappa shape index (κ1) is 24.1. The lowest BCUT2D eigenvalue weighted by atomic mass is 10.0. The van der Waals surface area contributed by atoms with Crippen LogP contribution in [0.15, 0.2) is 96.3 Å². The van der Waals surface area contributed by atoms with Crippen molar-refractivity contribution in [2.45, 2.75) is 20.0 Å².